The molecule has 0 bridgehead atoms. The Morgan fingerprint density at radius 1 is 1.12 bits per heavy atom. The number of aromatic nitrogens is 1. The van der Waals surface area contributed by atoms with Crippen LogP contribution in [-0.2, 0) is 0 Å². The van der Waals surface area contributed by atoms with Crippen LogP contribution in [0.25, 0.3) is 0 Å². The van der Waals surface area contributed by atoms with Gasteiger partial charge in [-0.15, -0.1) is 11.8 Å². The van der Waals surface area contributed by atoms with Crippen molar-refractivity contribution < 1.29 is 4.79 Å². The van der Waals surface area contributed by atoms with Crippen LogP contribution in [0.2, 0.25) is 0 Å². The summed E-state index contributed by atoms with van der Waals surface area (Å²) in [6, 6.07) is 13.8. The van der Waals surface area contributed by atoms with E-state index in [4.69, 9.17) is 0 Å². The maximum atomic E-state index is 11.9. The van der Waals surface area contributed by atoms with Gasteiger partial charge < -0.3 is 16.0 Å². The van der Waals surface area contributed by atoms with Crippen LogP contribution in [0.15, 0.2) is 64.7 Å². The number of guanidine groups is 1. The second-order valence-electron chi connectivity index (χ2n) is 5.62. The van der Waals surface area contributed by atoms with Crippen molar-refractivity contribution in [3.8, 4) is 0 Å². The third-order valence-electron chi connectivity index (χ3n) is 3.49. The normalized spacial score (nSPS) is 12.3. The first-order valence-corrected chi connectivity index (χ1v) is 9.41. The molecule has 2 rings (SSSR count). The van der Waals surface area contributed by atoms with E-state index in [1.54, 1.807) is 31.6 Å². The molecule has 6 nitrogen and oxygen atoms in total. The summed E-state index contributed by atoms with van der Waals surface area (Å²) in [7, 11) is 1.73. The molecule has 0 fully saturated rings. The highest BCUT2D eigenvalue weighted by Gasteiger charge is 2.06. The number of hydrogen-bond donors (Lipinski definition) is 3. The Morgan fingerprint density at radius 2 is 1.88 bits per heavy atom. The molecule has 1 heterocycles. The van der Waals surface area contributed by atoms with Crippen LogP contribution in [0.5, 0.6) is 0 Å². The number of rotatable bonds is 8. The number of nitrogens with one attached hydrogen (secondary N) is 3. The number of nitrogens with zero attached hydrogens (tertiary/aromatic N) is 2. The van der Waals surface area contributed by atoms with Crippen LogP contribution < -0.4 is 16.0 Å². The number of amides is 1. The smallest absolute Gasteiger partial charge is 0.252 e. The number of benzene rings is 1. The van der Waals surface area contributed by atoms with E-state index in [0.29, 0.717) is 23.9 Å². The molecule has 2 aromatic rings. The van der Waals surface area contributed by atoms with Crippen LogP contribution >= 0.6 is 11.8 Å². The number of pyridine rings is 1. The number of thioether (sulfide) groups is 1. The Balaban J connectivity index is 1.64. The average molecular weight is 372 g/mol. The SMILES string of the molecule is CN=C(NCCNC(=O)c1cccnc1)NCC(C)Sc1ccccc1. The molecule has 1 aromatic heterocycles. The lowest BCUT2D eigenvalue weighted by atomic mass is 10.3. The first-order chi connectivity index (χ1) is 12.7. The molecule has 3 N–H and O–H groups in total. The fraction of sp³-hybridized carbons (Fsp3) is 0.316. The maximum absolute atomic E-state index is 11.9. The third-order valence-corrected chi connectivity index (χ3v) is 4.60. The van der Waals surface area contributed by atoms with Gasteiger partial charge in [0, 0.05) is 49.2 Å². The monoisotopic (exact) mass is 371 g/mol. The molecule has 26 heavy (non-hydrogen) atoms. The standard InChI is InChI=1S/C19H25N5OS/c1-15(26-17-8-4-3-5-9-17)13-24-19(20-2)23-12-11-22-18(25)16-7-6-10-21-14-16/h3-10,14-15H,11-13H2,1-2H3,(H,22,25)(H2,20,23,24). The Kier molecular flexibility index (Phi) is 8.48. The molecule has 0 radical (unpaired) electrons. The summed E-state index contributed by atoms with van der Waals surface area (Å²) < 4.78 is 0. The molecule has 0 spiro atoms. The van der Waals surface area contributed by atoms with E-state index in [-0.39, 0.29) is 5.91 Å². The van der Waals surface area contributed by atoms with Gasteiger partial charge in [0.15, 0.2) is 5.96 Å². The predicted octanol–water partition coefficient (Wildman–Crippen LogP) is 2.16. The van der Waals surface area contributed by atoms with Crippen molar-refractivity contribution in [3.05, 3.63) is 60.4 Å². The van der Waals surface area contributed by atoms with Gasteiger partial charge in [-0.25, -0.2) is 0 Å². The highest BCUT2D eigenvalue weighted by atomic mass is 32.2. The van der Waals surface area contributed by atoms with Gasteiger partial charge in [0.2, 0.25) is 0 Å². The zero-order chi connectivity index (χ0) is 18.6. The molecule has 138 valence electrons. The van der Waals surface area contributed by atoms with Gasteiger partial charge in [0.25, 0.3) is 5.91 Å². The van der Waals surface area contributed by atoms with Crippen molar-refractivity contribution in [2.75, 3.05) is 26.7 Å². The van der Waals surface area contributed by atoms with Crippen molar-refractivity contribution in [1.29, 1.82) is 0 Å². The van der Waals surface area contributed by atoms with E-state index >= 15 is 0 Å². The Morgan fingerprint density at radius 3 is 2.58 bits per heavy atom. The second kappa shape index (κ2) is 11.1. The van der Waals surface area contributed by atoms with Crippen molar-refractivity contribution >= 4 is 23.6 Å². The van der Waals surface area contributed by atoms with Crippen molar-refractivity contribution in [2.24, 2.45) is 4.99 Å². The minimum Gasteiger partial charge on any atom is -0.355 e. The Bertz CT molecular complexity index is 694. The molecule has 0 saturated heterocycles. The van der Waals surface area contributed by atoms with E-state index in [1.165, 1.54) is 4.90 Å². The molecule has 0 aliphatic carbocycles. The lowest BCUT2D eigenvalue weighted by Gasteiger charge is -2.16. The molecule has 1 unspecified atom stereocenters. The first-order valence-electron chi connectivity index (χ1n) is 8.53. The zero-order valence-corrected chi connectivity index (χ0v) is 15.9. The minimum atomic E-state index is -0.129. The van der Waals surface area contributed by atoms with Gasteiger partial charge in [0.1, 0.15) is 0 Å². The van der Waals surface area contributed by atoms with Crippen LogP contribution in [0.1, 0.15) is 17.3 Å². The maximum Gasteiger partial charge on any atom is 0.252 e. The van der Waals surface area contributed by atoms with Gasteiger partial charge >= 0.3 is 0 Å². The lowest BCUT2D eigenvalue weighted by molar-refractivity contribution is 0.0954. The molecule has 0 saturated carbocycles. The summed E-state index contributed by atoms with van der Waals surface area (Å²) in [6.45, 7) is 4.06. The largest absolute Gasteiger partial charge is 0.355 e. The van der Waals surface area contributed by atoms with E-state index in [1.807, 2.05) is 30.0 Å². The zero-order valence-electron chi connectivity index (χ0n) is 15.1. The summed E-state index contributed by atoms with van der Waals surface area (Å²) in [6.07, 6.45) is 3.19. The molecule has 0 aliphatic heterocycles. The van der Waals surface area contributed by atoms with Crippen molar-refractivity contribution in [1.82, 2.24) is 20.9 Å². The van der Waals surface area contributed by atoms with Gasteiger partial charge in [-0.3, -0.25) is 14.8 Å². The molecule has 7 heteroatoms. The summed E-state index contributed by atoms with van der Waals surface area (Å²) in [5, 5.41) is 9.75. The van der Waals surface area contributed by atoms with Gasteiger partial charge in [0.05, 0.1) is 5.56 Å². The molecular formula is C19H25N5OS. The summed E-state index contributed by atoms with van der Waals surface area (Å²) in [5.74, 6) is 0.594. The van der Waals surface area contributed by atoms with E-state index < -0.39 is 0 Å². The second-order valence-corrected chi connectivity index (χ2v) is 7.13. The quantitative estimate of drug-likeness (QED) is 0.287. The van der Waals surface area contributed by atoms with E-state index in [0.717, 1.165) is 12.5 Å². The fourth-order valence-corrected chi connectivity index (χ4v) is 3.14. The van der Waals surface area contributed by atoms with Gasteiger partial charge in [-0.2, -0.15) is 0 Å². The van der Waals surface area contributed by atoms with Crippen molar-refractivity contribution in [2.45, 2.75) is 17.1 Å². The van der Waals surface area contributed by atoms with Crippen LogP contribution in [0.4, 0.5) is 0 Å². The molecule has 1 atom stereocenters. The number of carbonyl (C=O) groups is 1. The molecule has 0 aliphatic rings. The first kappa shape index (κ1) is 19.8. The van der Waals surface area contributed by atoms with Crippen molar-refractivity contribution in [3.63, 3.8) is 0 Å². The summed E-state index contributed by atoms with van der Waals surface area (Å²) in [5.41, 5.74) is 0.557. The van der Waals surface area contributed by atoms with Crippen LogP contribution in [0.3, 0.4) is 0 Å². The number of carbonyl (C=O) groups excluding carboxylic acids is 1. The third kappa shape index (κ3) is 7.14. The molecule has 1 aromatic carbocycles. The van der Waals surface area contributed by atoms with Crippen LogP contribution in [0, 0.1) is 0 Å². The summed E-state index contributed by atoms with van der Waals surface area (Å²) >= 11 is 1.82. The van der Waals surface area contributed by atoms with E-state index in [9.17, 15) is 4.79 Å². The molecule has 1 amide bonds. The number of aliphatic imine (C=N–C) groups is 1. The minimum absolute atomic E-state index is 0.129. The Labute approximate surface area is 158 Å². The van der Waals surface area contributed by atoms with Crippen LogP contribution in [-0.4, -0.2) is 48.8 Å². The average Bonchev–Trinajstić information content (AvgIpc) is 2.68. The van der Waals surface area contributed by atoms with E-state index in [2.05, 4.69) is 45.0 Å². The number of hydrogen-bond acceptors (Lipinski definition) is 4. The van der Waals surface area contributed by atoms with Gasteiger partial charge in [-0.05, 0) is 24.3 Å². The molecular weight excluding hydrogens is 346 g/mol. The Hall–Kier alpha value is -2.54. The predicted molar refractivity (Wildman–Crippen MR) is 108 cm³/mol. The lowest BCUT2D eigenvalue weighted by Crippen LogP contribution is -2.43. The topological polar surface area (TPSA) is 78.4 Å². The van der Waals surface area contributed by atoms with Gasteiger partial charge in [-0.1, -0.05) is 25.1 Å². The highest BCUT2D eigenvalue weighted by molar-refractivity contribution is 8.00. The summed E-state index contributed by atoms with van der Waals surface area (Å²) in [4.78, 5) is 21.3. The highest BCUT2D eigenvalue weighted by Crippen LogP contribution is 2.21. The fourth-order valence-electron chi connectivity index (χ4n) is 2.19.